The molecule has 6 nitrogen and oxygen atoms in total. The highest BCUT2D eigenvalue weighted by Gasteiger charge is 2.36. The highest BCUT2D eigenvalue weighted by atomic mass is 16.6. The van der Waals surface area contributed by atoms with E-state index >= 15 is 0 Å². The Balaban J connectivity index is 1.58. The molecule has 1 amide bonds. The topological polar surface area (TPSA) is 57.2 Å². The lowest BCUT2D eigenvalue weighted by atomic mass is 9.82. The van der Waals surface area contributed by atoms with E-state index in [1.165, 1.54) is 5.56 Å². The molecule has 0 bridgehead atoms. The van der Waals surface area contributed by atoms with Crippen LogP contribution in [0.25, 0.3) is 0 Å². The number of nitrogens with zero attached hydrogens (tertiary/aromatic N) is 1. The molecule has 4 rings (SSSR count). The zero-order valence-electron chi connectivity index (χ0n) is 17.4. The van der Waals surface area contributed by atoms with Gasteiger partial charge in [0.05, 0.1) is 19.6 Å². The lowest BCUT2D eigenvalue weighted by Crippen LogP contribution is -2.45. The van der Waals surface area contributed by atoms with Gasteiger partial charge in [0.15, 0.2) is 23.0 Å². The van der Waals surface area contributed by atoms with Crippen LogP contribution in [0.2, 0.25) is 0 Å². The van der Waals surface area contributed by atoms with Gasteiger partial charge in [0.1, 0.15) is 13.2 Å². The number of ether oxygens (including phenoxy) is 4. The van der Waals surface area contributed by atoms with Gasteiger partial charge in [0.25, 0.3) is 0 Å². The van der Waals surface area contributed by atoms with Gasteiger partial charge in [-0.05, 0) is 61.2 Å². The molecule has 154 valence electrons. The van der Waals surface area contributed by atoms with Gasteiger partial charge in [-0.15, -0.1) is 0 Å². The molecular formula is C23H27NO5. The van der Waals surface area contributed by atoms with Crippen molar-refractivity contribution in [2.75, 3.05) is 34.0 Å². The zero-order valence-corrected chi connectivity index (χ0v) is 17.4. The summed E-state index contributed by atoms with van der Waals surface area (Å²) in [5, 5.41) is 0. The lowest BCUT2D eigenvalue weighted by molar-refractivity contribution is -0.137. The Bertz CT molecular complexity index is 937. The van der Waals surface area contributed by atoms with E-state index < -0.39 is 5.41 Å². The highest BCUT2D eigenvalue weighted by Crippen LogP contribution is 2.38. The van der Waals surface area contributed by atoms with Crippen LogP contribution in [0.4, 0.5) is 0 Å². The van der Waals surface area contributed by atoms with E-state index in [0.717, 1.165) is 29.0 Å². The second kappa shape index (κ2) is 7.50. The molecule has 0 aromatic heterocycles. The number of amides is 1. The highest BCUT2D eigenvalue weighted by molar-refractivity contribution is 5.88. The molecule has 29 heavy (non-hydrogen) atoms. The van der Waals surface area contributed by atoms with Gasteiger partial charge in [-0.1, -0.05) is 6.07 Å². The van der Waals surface area contributed by atoms with E-state index in [9.17, 15) is 4.79 Å². The first-order chi connectivity index (χ1) is 13.9. The fourth-order valence-corrected chi connectivity index (χ4v) is 4.01. The van der Waals surface area contributed by atoms with Crippen molar-refractivity contribution >= 4 is 5.91 Å². The number of carbonyl (C=O) groups excluding carboxylic acids is 1. The summed E-state index contributed by atoms with van der Waals surface area (Å²) in [6.45, 7) is 6.24. The molecule has 2 aliphatic rings. The van der Waals surface area contributed by atoms with Crippen LogP contribution in [0.3, 0.4) is 0 Å². The van der Waals surface area contributed by atoms with Crippen molar-refractivity contribution in [1.82, 2.24) is 4.90 Å². The molecule has 2 aromatic carbocycles. The average molecular weight is 397 g/mol. The molecule has 2 heterocycles. The van der Waals surface area contributed by atoms with E-state index in [0.29, 0.717) is 37.8 Å². The van der Waals surface area contributed by atoms with E-state index in [2.05, 4.69) is 0 Å². The molecule has 0 fully saturated rings. The van der Waals surface area contributed by atoms with E-state index in [1.807, 2.05) is 49.1 Å². The molecule has 6 heteroatoms. The second-order valence-corrected chi connectivity index (χ2v) is 7.94. The Kier molecular flexibility index (Phi) is 5.03. The molecule has 0 atom stereocenters. The molecule has 0 spiro atoms. The minimum Gasteiger partial charge on any atom is -0.493 e. The van der Waals surface area contributed by atoms with Crippen molar-refractivity contribution in [2.24, 2.45) is 0 Å². The number of benzene rings is 2. The summed E-state index contributed by atoms with van der Waals surface area (Å²) in [7, 11) is 3.26. The number of carbonyl (C=O) groups is 1. The Morgan fingerprint density at radius 1 is 0.966 bits per heavy atom. The number of hydrogen-bond acceptors (Lipinski definition) is 5. The van der Waals surface area contributed by atoms with Crippen molar-refractivity contribution in [2.45, 2.75) is 32.2 Å². The van der Waals surface area contributed by atoms with Crippen LogP contribution in [0.1, 0.15) is 30.5 Å². The van der Waals surface area contributed by atoms with Gasteiger partial charge < -0.3 is 23.8 Å². The summed E-state index contributed by atoms with van der Waals surface area (Å²) in [6.07, 6.45) is 0.790. The quantitative estimate of drug-likeness (QED) is 0.792. The van der Waals surface area contributed by atoms with Gasteiger partial charge in [-0.25, -0.2) is 0 Å². The van der Waals surface area contributed by atoms with Crippen molar-refractivity contribution in [1.29, 1.82) is 0 Å². The van der Waals surface area contributed by atoms with Gasteiger partial charge in [-0.2, -0.15) is 0 Å². The summed E-state index contributed by atoms with van der Waals surface area (Å²) in [4.78, 5) is 15.4. The largest absolute Gasteiger partial charge is 0.493 e. The normalized spacial score (nSPS) is 15.5. The Morgan fingerprint density at radius 3 is 2.31 bits per heavy atom. The molecule has 0 saturated heterocycles. The number of rotatable bonds is 4. The maximum Gasteiger partial charge on any atom is 0.232 e. The third-order valence-corrected chi connectivity index (χ3v) is 5.80. The molecule has 0 unspecified atom stereocenters. The predicted octanol–water partition coefficient (Wildman–Crippen LogP) is 3.34. The number of fused-ring (bicyclic) bond motifs is 2. The smallest absolute Gasteiger partial charge is 0.232 e. The second-order valence-electron chi connectivity index (χ2n) is 7.94. The van der Waals surface area contributed by atoms with Gasteiger partial charge in [-0.3, -0.25) is 4.79 Å². The summed E-state index contributed by atoms with van der Waals surface area (Å²) < 4.78 is 22.1. The lowest BCUT2D eigenvalue weighted by Gasteiger charge is -2.36. The zero-order chi connectivity index (χ0) is 20.6. The summed E-state index contributed by atoms with van der Waals surface area (Å²) in [6, 6.07) is 9.77. The first-order valence-electron chi connectivity index (χ1n) is 9.87. The van der Waals surface area contributed by atoms with Crippen molar-refractivity contribution in [3.8, 4) is 23.0 Å². The third-order valence-electron chi connectivity index (χ3n) is 5.80. The van der Waals surface area contributed by atoms with Crippen LogP contribution in [0.15, 0.2) is 30.3 Å². The average Bonchev–Trinajstić information content (AvgIpc) is 2.76. The number of methoxy groups -OCH3 is 2. The number of hydrogen-bond donors (Lipinski definition) is 0. The van der Waals surface area contributed by atoms with Crippen molar-refractivity contribution in [3.05, 3.63) is 47.0 Å². The fourth-order valence-electron chi connectivity index (χ4n) is 4.01. The predicted molar refractivity (Wildman–Crippen MR) is 109 cm³/mol. The SMILES string of the molecule is COc1cc2c(cc1OC)CN(C(=O)C(C)(C)c1ccc3c(c1)OCCO3)CC2. The van der Waals surface area contributed by atoms with Crippen LogP contribution < -0.4 is 18.9 Å². The van der Waals surface area contributed by atoms with E-state index in [-0.39, 0.29) is 5.91 Å². The van der Waals surface area contributed by atoms with Crippen molar-refractivity contribution < 1.29 is 23.7 Å². The van der Waals surface area contributed by atoms with Gasteiger partial charge in [0, 0.05) is 13.1 Å². The Labute approximate surface area is 171 Å². The van der Waals surface area contributed by atoms with Gasteiger partial charge >= 0.3 is 0 Å². The Hall–Kier alpha value is -2.89. The Morgan fingerprint density at radius 2 is 1.62 bits per heavy atom. The summed E-state index contributed by atoms with van der Waals surface area (Å²) >= 11 is 0. The van der Waals surface area contributed by atoms with Crippen LogP contribution in [0.5, 0.6) is 23.0 Å². The maximum atomic E-state index is 13.5. The van der Waals surface area contributed by atoms with E-state index in [4.69, 9.17) is 18.9 Å². The molecule has 0 radical (unpaired) electrons. The minimum atomic E-state index is -0.677. The summed E-state index contributed by atoms with van der Waals surface area (Å²) in [5.74, 6) is 2.94. The van der Waals surface area contributed by atoms with E-state index in [1.54, 1.807) is 14.2 Å². The molecule has 0 saturated carbocycles. The van der Waals surface area contributed by atoms with Crippen LogP contribution in [-0.4, -0.2) is 44.8 Å². The third kappa shape index (κ3) is 3.48. The monoisotopic (exact) mass is 397 g/mol. The van der Waals surface area contributed by atoms with Crippen LogP contribution in [-0.2, 0) is 23.2 Å². The first kappa shape index (κ1) is 19.4. The molecule has 0 aliphatic carbocycles. The molecular weight excluding hydrogens is 370 g/mol. The maximum absolute atomic E-state index is 13.5. The van der Waals surface area contributed by atoms with Crippen LogP contribution in [0, 0.1) is 0 Å². The van der Waals surface area contributed by atoms with Crippen molar-refractivity contribution in [3.63, 3.8) is 0 Å². The standard InChI is InChI=1S/C23H27NO5/c1-23(2,17-5-6-18-21(13-17)29-10-9-28-18)22(25)24-8-7-15-11-19(26-3)20(27-4)12-16(15)14-24/h5-6,11-13H,7-10,14H2,1-4H3. The molecule has 0 N–H and O–H groups in total. The summed E-state index contributed by atoms with van der Waals surface area (Å²) in [5.41, 5.74) is 2.54. The fraction of sp³-hybridized carbons (Fsp3) is 0.435. The first-order valence-corrected chi connectivity index (χ1v) is 9.87. The molecule has 2 aliphatic heterocycles. The van der Waals surface area contributed by atoms with Crippen LogP contribution >= 0.6 is 0 Å². The molecule has 2 aromatic rings. The minimum absolute atomic E-state index is 0.0922. The van der Waals surface area contributed by atoms with Gasteiger partial charge in [0.2, 0.25) is 5.91 Å².